The minimum absolute atomic E-state index is 0.241. The topological polar surface area (TPSA) is 54.4 Å². The third-order valence-corrected chi connectivity index (χ3v) is 6.14. The summed E-state index contributed by atoms with van der Waals surface area (Å²) in [6.45, 7) is 13.7. The maximum absolute atomic E-state index is 11.6. The Kier molecular flexibility index (Phi) is 13.8. The number of unbranched alkanes of at least 4 members (excludes halogenated alkanes) is 1. The molecule has 2 aromatic carbocycles. The van der Waals surface area contributed by atoms with Crippen LogP contribution in [0, 0.1) is 0 Å². The van der Waals surface area contributed by atoms with Gasteiger partial charge in [-0.25, -0.2) is 0 Å². The zero-order chi connectivity index (χ0) is 26.2. The molecular formula is C30H45N3O3. The monoisotopic (exact) mass is 495 g/mol. The number of rotatable bonds is 17. The zero-order valence-electron chi connectivity index (χ0n) is 22.9. The average Bonchev–Trinajstić information content (AvgIpc) is 2.87. The number of carbonyl (C=O) groups is 1. The predicted octanol–water partition coefficient (Wildman–Crippen LogP) is 5.93. The van der Waals surface area contributed by atoms with Crippen molar-refractivity contribution < 1.29 is 14.3 Å². The maximum atomic E-state index is 11.6. The normalized spacial score (nSPS) is 12.4. The molecule has 1 atom stereocenters. The second kappa shape index (κ2) is 16.9. The van der Waals surface area contributed by atoms with Gasteiger partial charge in [0, 0.05) is 26.2 Å². The molecule has 0 bridgehead atoms. The van der Waals surface area contributed by atoms with Gasteiger partial charge >= 0.3 is 5.97 Å². The second-order valence-electron chi connectivity index (χ2n) is 9.29. The van der Waals surface area contributed by atoms with Crippen molar-refractivity contribution in [2.45, 2.75) is 72.7 Å². The van der Waals surface area contributed by atoms with E-state index in [2.05, 4.69) is 52.9 Å². The Labute approximate surface area is 218 Å². The molecule has 0 aliphatic heterocycles. The largest absolute Gasteiger partial charge is 0.497 e. The summed E-state index contributed by atoms with van der Waals surface area (Å²) in [4.78, 5) is 21.0. The van der Waals surface area contributed by atoms with Crippen molar-refractivity contribution in [2.24, 2.45) is 4.99 Å². The van der Waals surface area contributed by atoms with Gasteiger partial charge in [-0.05, 0) is 93.2 Å². The standard InChI is InChI=1S/C30H45N3O3/c1-6-18-32(19-7-2)20-8-9-21-33(25(3)36-26(4)34)24-29-12-10-27(11-13-29)22-31-23-28-14-16-30(35-5)17-15-28/h10-17,23,25H,6-9,18-22,24H2,1-5H3. The molecule has 0 amide bonds. The Hall–Kier alpha value is -2.70. The maximum Gasteiger partial charge on any atom is 0.304 e. The molecule has 198 valence electrons. The minimum atomic E-state index is -0.251. The van der Waals surface area contributed by atoms with E-state index in [0.717, 1.165) is 62.4 Å². The number of ether oxygens (including phenoxy) is 2. The number of aliphatic imine (C=N–C) groups is 1. The van der Waals surface area contributed by atoms with Crippen LogP contribution in [0.25, 0.3) is 0 Å². The van der Waals surface area contributed by atoms with Crippen LogP contribution in [0.4, 0.5) is 0 Å². The molecular weight excluding hydrogens is 450 g/mol. The molecule has 0 aromatic heterocycles. The van der Waals surface area contributed by atoms with E-state index >= 15 is 0 Å². The van der Waals surface area contributed by atoms with E-state index in [1.54, 1.807) is 7.11 Å². The number of hydrogen-bond donors (Lipinski definition) is 0. The van der Waals surface area contributed by atoms with E-state index in [0.29, 0.717) is 6.54 Å². The van der Waals surface area contributed by atoms with E-state index in [9.17, 15) is 4.79 Å². The van der Waals surface area contributed by atoms with E-state index < -0.39 is 0 Å². The van der Waals surface area contributed by atoms with Gasteiger partial charge < -0.3 is 14.4 Å². The number of benzene rings is 2. The van der Waals surface area contributed by atoms with Crippen LogP contribution in [0.1, 0.15) is 70.1 Å². The highest BCUT2D eigenvalue weighted by Crippen LogP contribution is 2.14. The third-order valence-electron chi connectivity index (χ3n) is 6.14. The van der Waals surface area contributed by atoms with Gasteiger partial charge in [0.1, 0.15) is 5.75 Å². The SMILES string of the molecule is CCCN(CCC)CCCCN(Cc1ccc(CN=Cc2ccc(OC)cc2)cc1)C(C)OC(C)=O. The Balaban J connectivity index is 1.90. The molecule has 0 saturated heterocycles. The lowest BCUT2D eigenvalue weighted by atomic mass is 10.1. The van der Waals surface area contributed by atoms with Crippen LogP contribution in [0.2, 0.25) is 0 Å². The molecule has 36 heavy (non-hydrogen) atoms. The quantitative estimate of drug-likeness (QED) is 0.118. The van der Waals surface area contributed by atoms with E-state index in [4.69, 9.17) is 9.47 Å². The fourth-order valence-corrected chi connectivity index (χ4v) is 4.25. The first kappa shape index (κ1) is 29.5. The number of carbonyl (C=O) groups excluding carboxylic acids is 1. The number of methoxy groups -OCH3 is 1. The van der Waals surface area contributed by atoms with Gasteiger partial charge in [0.25, 0.3) is 0 Å². The Morgan fingerprint density at radius 1 is 0.917 bits per heavy atom. The van der Waals surface area contributed by atoms with Crippen LogP contribution in [-0.4, -0.2) is 61.5 Å². The van der Waals surface area contributed by atoms with Gasteiger partial charge in [-0.3, -0.25) is 14.7 Å². The minimum Gasteiger partial charge on any atom is -0.497 e. The molecule has 1 unspecified atom stereocenters. The first-order valence-electron chi connectivity index (χ1n) is 13.3. The lowest BCUT2D eigenvalue weighted by Gasteiger charge is -2.29. The van der Waals surface area contributed by atoms with Crippen molar-refractivity contribution >= 4 is 12.2 Å². The molecule has 0 fully saturated rings. The zero-order valence-corrected chi connectivity index (χ0v) is 22.9. The molecule has 0 spiro atoms. The van der Waals surface area contributed by atoms with Crippen molar-refractivity contribution in [2.75, 3.05) is 33.3 Å². The van der Waals surface area contributed by atoms with Gasteiger partial charge in [-0.2, -0.15) is 0 Å². The van der Waals surface area contributed by atoms with Crippen LogP contribution < -0.4 is 4.74 Å². The summed E-state index contributed by atoms with van der Waals surface area (Å²) in [6.07, 6.45) is 6.25. The van der Waals surface area contributed by atoms with Crippen LogP contribution in [-0.2, 0) is 22.6 Å². The average molecular weight is 496 g/mol. The van der Waals surface area contributed by atoms with Crippen molar-refractivity contribution in [1.29, 1.82) is 0 Å². The summed E-state index contributed by atoms with van der Waals surface area (Å²) in [5, 5.41) is 0. The van der Waals surface area contributed by atoms with Crippen LogP contribution >= 0.6 is 0 Å². The van der Waals surface area contributed by atoms with Crippen LogP contribution in [0.15, 0.2) is 53.5 Å². The summed E-state index contributed by atoms with van der Waals surface area (Å²) >= 11 is 0. The number of nitrogens with zero attached hydrogens (tertiary/aromatic N) is 3. The van der Waals surface area contributed by atoms with Crippen LogP contribution in [0.3, 0.4) is 0 Å². The van der Waals surface area contributed by atoms with Crippen LogP contribution in [0.5, 0.6) is 5.75 Å². The predicted molar refractivity (Wildman–Crippen MR) is 149 cm³/mol. The Morgan fingerprint density at radius 2 is 1.53 bits per heavy atom. The highest BCUT2D eigenvalue weighted by Gasteiger charge is 2.17. The molecule has 0 N–H and O–H groups in total. The van der Waals surface area contributed by atoms with Gasteiger partial charge in [-0.15, -0.1) is 0 Å². The molecule has 0 aliphatic rings. The summed E-state index contributed by atoms with van der Waals surface area (Å²) in [7, 11) is 1.67. The van der Waals surface area contributed by atoms with Crippen molar-refractivity contribution in [3.05, 3.63) is 65.2 Å². The van der Waals surface area contributed by atoms with E-state index in [1.807, 2.05) is 37.4 Å². The van der Waals surface area contributed by atoms with Gasteiger partial charge in [0.2, 0.25) is 0 Å². The summed E-state index contributed by atoms with van der Waals surface area (Å²) in [6, 6.07) is 16.4. The molecule has 2 rings (SSSR count). The fourth-order valence-electron chi connectivity index (χ4n) is 4.25. The van der Waals surface area contributed by atoms with Crippen molar-refractivity contribution in [3.8, 4) is 5.75 Å². The molecule has 0 aliphatic carbocycles. The number of esters is 1. The lowest BCUT2D eigenvalue weighted by molar-refractivity contribution is -0.155. The van der Waals surface area contributed by atoms with Gasteiger partial charge in [0.05, 0.1) is 13.7 Å². The Bertz CT molecular complexity index is 891. The first-order chi connectivity index (χ1) is 17.4. The lowest BCUT2D eigenvalue weighted by Crippen LogP contribution is -2.37. The fraction of sp³-hybridized carbons (Fsp3) is 0.533. The molecule has 2 aromatic rings. The highest BCUT2D eigenvalue weighted by atomic mass is 16.6. The van der Waals surface area contributed by atoms with Gasteiger partial charge in [0.15, 0.2) is 6.23 Å². The summed E-state index contributed by atoms with van der Waals surface area (Å²) < 4.78 is 10.7. The van der Waals surface area contributed by atoms with Crippen molar-refractivity contribution in [1.82, 2.24) is 9.80 Å². The third kappa shape index (κ3) is 11.4. The number of hydrogen-bond acceptors (Lipinski definition) is 6. The van der Waals surface area contributed by atoms with Crippen molar-refractivity contribution in [3.63, 3.8) is 0 Å². The molecule has 0 radical (unpaired) electrons. The van der Waals surface area contributed by atoms with E-state index in [-0.39, 0.29) is 12.2 Å². The first-order valence-corrected chi connectivity index (χ1v) is 13.3. The smallest absolute Gasteiger partial charge is 0.304 e. The second-order valence-corrected chi connectivity index (χ2v) is 9.29. The molecule has 6 heteroatoms. The Morgan fingerprint density at radius 3 is 2.11 bits per heavy atom. The molecule has 0 heterocycles. The van der Waals surface area contributed by atoms with E-state index in [1.165, 1.54) is 25.3 Å². The molecule has 6 nitrogen and oxygen atoms in total. The summed E-state index contributed by atoms with van der Waals surface area (Å²) in [5.74, 6) is 0.601. The molecule has 0 saturated carbocycles. The van der Waals surface area contributed by atoms with Gasteiger partial charge in [-0.1, -0.05) is 38.1 Å². The highest BCUT2D eigenvalue weighted by molar-refractivity contribution is 5.79. The summed E-state index contributed by atoms with van der Waals surface area (Å²) in [5.41, 5.74) is 3.42.